The topological polar surface area (TPSA) is 23.5 Å². The zero-order valence-electron chi connectivity index (χ0n) is 14.1. The fraction of sp³-hybridized carbons (Fsp3) is 0.364. The number of aliphatic hydroxyl groups excluding tert-OH is 1. The summed E-state index contributed by atoms with van der Waals surface area (Å²) >= 11 is 0. The van der Waals surface area contributed by atoms with Gasteiger partial charge in [-0.3, -0.25) is 4.90 Å². The lowest BCUT2D eigenvalue weighted by Gasteiger charge is -2.45. The van der Waals surface area contributed by atoms with Gasteiger partial charge in [0.2, 0.25) is 0 Å². The van der Waals surface area contributed by atoms with Gasteiger partial charge in [-0.15, -0.1) is 0 Å². The first-order valence-corrected chi connectivity index (χ1v) is 9.04. The summed E-state index contributed by atoms with van der Waals surface area (Å²) in [6.07, 6.45) is 7.49. The number of aliphatic hydroxyl groups is 1. The van der Waals surface area contributed by atoms with E-state index >= 15 is 0 Å². The third-order valence-electron chi connectivity index (χ3n) is 5.47. The molecule has 0 spiro atoms. The normalized spacial score (nSPS) is 23.8. The molecule has 0 amide bonds. The predicted molar refractivity (Wildman–Crippen MR) is 98.4 cm³/mol. The van der Waals surface area contributed by atoms with E-state index in [2.05, 4.69) is 59.5 Å². The van der Waals surface area contributed by atoms with Crippen molar-refractivity contribution in [3.8, 4) is 0 Å². The van der Waals surface area contributed by atoms with Crippen LogP contribution in [0.3, 0.4) is 0 Å². The summed E-state index contributed by atoms with van der Waals surface area (Å²) in [6.45, 7) is 1.17. The van der Waals surface area contributed by atoms with Gasteiger partial charge in [0.25, 0.3) is 0 Å². The van der Waals surface area contributed by atoms with Gasteiger partial charge in [0.05, 0.1) is 6.61 Å². The van der Waals surface area contributed by atoms with Gasteiger partial charge < -0.3 is 5.11 Å². The van der Waals surface area contributed by atoms with Crippen molar-refractivity contribution in [1.82, 2.24) is 4.90 Å². The van der Waals surface area contributed by atoms with Crippen molar-refractivity contribution >= 4 is 5.57 Å². The second kappa shape index (κ2) is 6.92. The largest absolute Gasteiger partial charge is 0.392 e. The molecule has 2 aliphatic heterocycles. The van der Waals surface area contributed by atoms with Gasteiger partial charge in [-0.25, -0.2) is 0 Å². The highest BCUT2D eigenvalue weighted by Crippen LogP contribution is 2.38. The quantitative estimate of drug-likeness (QED) is 0.903. The highest BCUT2D eigenvalue weighted by molar-refractivity contribution is 5.68. The Bertz CT molecular complexity index is 722. The molecule has 0 radical (unpaired) electrons. The van der Waals surface area contributed by atoms with E-state index in [1.54, 1.807) is 0 Å². The molecule has 2 nitrogen and oxygen atoms in total. The van der Waals surface area contributed by atoms with Crippen molar-refractivity contribution in [1.29, 1.82) is 0 Å². The van der Waals surface area contributed by atoms with Crippen LogP contribution in [0.4, 0.5) is 0 Å². The van der Waals surface area contributed by atoms with E-state index in [1.165, 1.54) is 36.0 Å². The van der Waals surface area contributed by atoms with Gasteiger partial charge in [0.1, 0.15) is 0 Å². The molecule has 2 aromatic carbocycles. The molecular weight excluding hydrogens is 294 g/mol. The maximum Gasteiger partial charge on any atom is 0.0682 e. The van der Waals surface area contributed by atoms with Crippen molar-refractivity contribution in [3.63, 3.8) is 0 Å². The second-order valence-corrected chi connectivity index (χ2v) is 7.06. The zero-order chi connectivity index (χ0) is 16.4. The zero-order valence-corrected chi connectivity index (χ0v) is 14.1. The molecule has 2 heteroatoms. The van der Waals surface area contributed by atoms with Gasteiger partial charge in [0, 0.05) is 18.6 Å². The van der Waals surface area contributed by atoms with Crippen LogP contribution in [0, 0.1) is 0 Å². The molecule has 124 valence electrons. The fourth-order valence-corrected chi connectivity index (χ4v) is 4.24. The van der Waals surface area contributed by atoms with Crippen LogP contribution in [0.15, 0.2) is 60.7 Å². The summed E-state index contributed by atoms with van der Waals surface area (Å²) in [4.78, 5) is 2.69. The number of benzene rings is 2. The number of nitrogens with zero attached hydrogens (tertiary/aromatic N) is 1. The van der Waals surface area contributed by atoms with E-state index in [0.717, 1.165) is 18.5 Å². The lowest BCUT2D eigenvalue weighted by Crippen LogP contribution is -2.47. The molecule has 4 rings (SSSR count). The standard InChI is InChI=1S/C22H25NO/c24-16-18-8-4-9-19(12-18)20-13-21-10-5-11-22(14-20)23(21)15-17-6-2-1-3-7-17/h1-4,6-9,12-13,21-22,24H,5,10-11,14-16H2. The highest BCUT2D eigenvalue weighted by atomic mass is 16.3. The van der Waals surface area contributed by atoms with Gasteiger partial charge in [0.15, 0.2) is 0 Å². The Hall–Kier alpha value is -1.90. The van der Waals surface area contributed by atoms with Crippen LogP contribution in [0.2, 0.25) is 0 Å². The number of piperidine rings is 1. The monoisotopic (exact) mass is 319 g/mol. The maximum atomic E-state index is 9.40. The van der Waals surface area contributed by atoms with Crippen LogP contribution < -0.4 is 0 Å². The van der Waals surface area contributed by atoms with Crippen LogP contribution in [0.25, 0.3) is 5.57 Å². The summed E-state index contributed by atoms with van der Waals surface area (Å²) in [5, 5.41) is 9.40. The SMILES string of the molecule is OCc1cccc(C2=CC3CCCC(C2)N3Cc2ccccc2)c1. The van der Waals surface area contributed by atoms with Gasteiger partial charge >= 0.3 is 0 Å². The summed E-state index contributed by atoms with van der Waals surface area (Å²) in [7, 11) is 0. The van der Waals surface area contributed by atoms with Gasteiger partial charge in [-0.2, -0.15) is 0 Å². The average Bonchev–Trinajstić information content (AvgIpc) is 2.62. The molecule has 0 saturated carbocycles. The molecule has 2 unspecified atom stereocenters. The first-order chi connectivity index (χ1) is 11.8. The molecule has 1 fully saturated rings. The lowest BCUT2D eigenvalue weighted by molar-refractivity contribution is 0.0951. The van der Waals surface area contributed by atoms with Crippen molar-refractivity contribution < 1.29 is 5.11 Å². The Morgan fingerprint density at radius 2 is 1.79 bits per heavy atom. The molecular formula is C22H25NO. The molecule has 2 aromatic rings. The smallest absolute Gasteiger partial charge is 0.0682 e. The van der Waals surface area contributed by atoms with Crippen LogP contribution in [-0.4, -0.2) is 22.1 Å². The summed E-state index contributed by atoms with van der Waals surface area (Å²) in [5.41, 5.74) is 5.17. The third-order valence-corrected chi connectivity index (χ3v) is 5.47. The summed E-state index contributed by atoms with van der Waals surface area (Å²) in [5.74, 6) is 0. The third kappa shape index (κ3) is 3.17. The van der Waals surface area contributed by atoms with Crippen molar-refractivity contribution in [2.75, 3.05) is 0 Å². The van der Waals surface area contributed by atoms with Crippen molar-refractivity contribution in [2.24, 2.45) is 0 Å². The van der Waals surface area contributed by atoms with Crippen LogP contribution in [0.1, 0.15) is 42.4 Å². The Labute approximate surface area is 144 Å². The van der Waals surface area contributed by atoms with E-state index in [4.69, 9.17) is 0 Å². The molecule has 0 aromatic heterocycles. The van der Waals surface area contributed by atoms with Gasteiger partial charge in [-0.1, -0.05) is 61.0 Å². The van der Waals surface area contributed by atoms with E-state index in [0.29, 0.717) is 12.1 Å². The molecule has 1 saturated heterocycles. The van der Waals surface area contributed by atoms with E-state index in [-0.39, 0.29) is 6.61 Å². The molecule has 24 heavy (non-hydrogen) atoms. The predicted octanol–water partition coefficient (Wildman–Crippen LogP) is 4.39. The Morgan fingerprint density at radius 3 is 2.58 bits per heavy atom. The Kier molecular flexibility index (Phi) is 4.50. The first kappa shape index (κ1) is 15.6. The molecule has 2 bridgehead atoms. The highest BCUT2D eigenvalue weighted by Gasteiger charge is 2.33. The minimum Gasteiger partial charge on any atom is -0.392 e. The second-order valence-electron chi connectivity index (χ2n) is 7.06. The minimum absolute atomic E-state index is 0.119. The lowest BCUT2D eigenvalue weighted by atomic mass is 9.82. The van der Waals surface area contributed by atoms with Gasteiger partial charge in [-0.05, 0) is 47.6 Å². The molecule has 2 heterocycles. The molecule has 2 atom stereocenters. The van der Waals surface area contributed by atoms with E-state index in [9.17, 15) is 5.11 Å². The summed E-state index contributed by atoms with van der Waals surface area (Å²) < 4.78 is 0. The van der Waals surface area contributed by atoms with Crippen molar-refractivity contribution in [3.05, 3.63) is 77.4 Å². The minimum atomic E-state index is 0.119. The number of rotatable bonds is 4. The fourth-order valence-electron chi connectivity index (χ4n) is 4.24. The van der Waals surface area contributed by atoms with Crippen LogP contribution in [-0.2, 0) is 13.2 Å². The van der Waals surface area contributed by atoms with Crippen molar-refractivity contribution in [2.45, 2.75) is 50.9 Å². The summed E-state index contributed by atoms with van der Waals surface area (Å²) in [6, 6.07) is 20.4. The molecule has 0 aliphatic carbocycles. The molecule has 2 aliphatic rings. The number of hydrogen-bond donors (Lipinski definition) is 1. The Morgan fingerprint density at radius 1 is 0.958 bits per heavy atom. The van der Waals surface area contributed by atoms with E-state index in [1.807, 2.05) is 6.07 Å². The number of hydrogen-bond acceptors (Lipinski definition) is 2. The van der Waals surface area contributed by atoms with Crippen LogP contribution >= 0.6 is 0 Å². The average molecular weight is 319 g/mol. The maximum absolute atomic E-state index is 9.40. The first-order valence-electron chi connectivity index (χ1n) is 9.04. The molecule has 1 N–H and O–H groups in total. The number of fused-ring (bicyclic) bond motifs is 2. The Balaban J connectivity index is 1.59. The van der Waals surface area contributed by atoms with E-state index < -0.39 is 0 Å². The van der Waals surface area contributed by atoms with Crippen LogP contribution in [0.5, 0.6) is 0 Å².